The fourth-order valence-corrected chi connectivity index (χ4v) is 2.08. The molecule has 1 atom stereocenters. The quantitative estimate of drug-likeness (QED) is 0.754. The van der Waals surface area contributed by atoms with Gasteiger partial charge in [-0.2, -0.15) is 0 Å². The maximum Gasteiger partial charge on any atom is 0.0644 e. The minimum Gasteiger partial charge on any atom is -0.395 e. The van der Waals surface area contributed by atoms with Gasteiger partial charge in [0.05, 0.1) is 31.6 Å². The van der Waals surface area contributed by atoms with Gasteiger partial charge in [0.25, 0.3) is 0 Å². The summed E-state index contributed by atoms with van der Waals surface area (Å²) in [6, 6.07) is 4.04. The SMILES string of the molecule is NCc1ncccc1CN1CCOCC1CO. The molecule has 1 aliphatic rings. The van der Waals surface area contributed by atoms with Crippen molar-refractivity contribution in [1.29, 1.82) is 0 Å². The van der Waals surface area contributed by atoms with Crippen molar-refractivity contribution in [3.8, 4) is 0 Å². The Bertz CT molecular complexity index is 359. The highest BCUT2D eigenvalue weighted by molar-refractivity contribution is 5.19. The zero-order valence-corrected chi connectivity index (χ0v) is 9.88. The van der Waals surface area contributed by atoms with Gasteiger partial charge in [-0.3, -0.25) is 9.88 Å². The lowest BCUT2D eigenvalue weighted by Crippen LogP contribution is -2.47. The van der Waals surface area contributed by atoms with E-state index >= 15 is 0 Å². The molecule has 0 bridgehead atoms. The molecule has 1 aromatic rings. The first kappa shape index (κ1) is 12.4. The van der Waals surface area contributed by atoms with Gasteiger partial charge in [-0.25, -0.2) is 0 Å². The standard InChI is InChI=1S/C12H19N3O2/c13-6-12-10(2-1-3-14-12)7-15-4-5-17-9-11(15)8-16/h1-3,11,16H,4-9,13H2. The molecular weight excluding hydrogens is 218 g/mol. The average Bonchev–Trinajstić information content (AvgIpc) is 2.40. The fourth-order valence-electron chi connectivity index (χ4n) is 2.08. The van der Waals surface area contributed by atoms with Gasteiger partial charge in [-0.05, 0) is 11.6 Å². The van der Waals surface area contributed by atoms with Gasteiger partial charge in [0.2, 0.25) is 0 Å². The molecule has 0 amide bonds. The summed E-state index contributed by atoms with van der Waals surface area (Å²) < 4.78 is 5.36. The molecule has 1 unspecified atom stereocenters. The van der Waals surface area contributed by atoms with Crippen molar-refractivity contribution in [1.82, 2.24) is 9.88 Å². The molecule has 1 aliphatic heterocycles. The van der Waals surface area contributed by atoms with Gasteiger partial charge in [0.1, 0.15) is 0 Å². The third-order valence-electron chi connectivity index (χ3n) is 3.11. The molecule has 1 saturated heterocycles. The van der Waals surface area contributed by atoms with Gasteiger partial charge in [0.15, 0.2) is 0 Å². The molecule has 0 aliphatic carbocycles. The van der Waals surface area contributed by atoms with E-state index in [9.17, 15) is 5.11 Å². The Hall–Kier alpha value is -1.01. The lowest BCUT2D eigenvalue weighted by molar-refractivity contribution is -0.0314. The van der Waals surface area contributed by atoms with Crippen LogP contribution in [0.2, 0.25) is 0 Å². The van der Waals surface area contributed by atoms with Crippen LogP contribution in [0.25, 0.3) is 0 Å². The maximum absolute atomic E-state index is 9.30. The van der Waals surface area contributed by atoms with Gasteiger partial charge in [0, 0.05) is 25.8 Å². The first-order valence-corrected chi connectivity index (χ1v) is 5.90. The number of morpholine rings is 1. The number of aliphatic hydroxyl groups excluding tert-OH is 1. The number of nitrogens with zero attached hydrogens (tertiary/aromatic N) is 2. The summed E-state index contributed by atoms with van der Waals surface area (Å²) in [5.41, 5.74) is 7.73. The Kier molecular flexibility index (Phi) is 4.44. The number of nitrogens with two attached hydrogens (primary N) is 1. The number of ether oxygens (including phenoxy) is 1. The Labute approximate surface area is 101 Å². The van der Waals surface area contributed by atoms with E-state index in [2.05, 4.69) is 9.88 Å². The molecule has 1 fully saturated rings. The van der Waals surface area contributed by atoms with Crippen molar-refractivity contribution < 1.29 is 9.84 Å². The molecule has 17 heavy (non-hydrogen) atoms. The maximum atomic E-state index is 9.30. The molecule has 1 aromatic heterocycles. The summed E-state index contributed by atoms with van der Waals surface area (Å²) in [4.78, 5) is 6.49. The second-order valence-corrected chi connectivity index (χ2v) is 4.20. The van der Waals surface area contributed by atoms with Crippen molar-refractivity contribution in [3.05, 3.63) is 29.6 Å². The van der Waals surface area contributed by atoms with E-state index < -0.39 is 0 Å². The lowest BCUT2D eigenvalue weighted by Gasteiger charge is -2.34. The van der Waals surface area contributed by atoms with Crippen LogP contribution in [0.4, 0.5) is 0 Å². The summed E-state index contributed by atoms with van der Waals surface area (Å²) in [5, 5.41) is 9.30. The number of pyridine rings is 1. The fraction of sp³-hybridized carbons (Fsp3) is 0.583. The molecule has 2 heterocycles. The first-order valence-electron chi connectivity index (χ1n) is 5.90. The van der Waals surface area contributed by atoms with E-state index in [1.54, 1.807) is 6.20 Å². The lowest BCUT2D eigenvalue weighted by atomic mass is 10.1. The van der Waals surface area contributed by atoms with Crippen molar-refractivity contribution >= 4 is 0 Å². The van der Waals surface area contributed by atoms with Gasteiger partial charge in [-0.15, -0.1) is 0 Å². The zero-order chi connectivity index (χ0) is 12.1. The normalized spacial score (nSPS) is 21.6. The molecular formula is C12H19N3O2. The molecule has 5 nitrogen and oxygen atoms in total. The number of hydrogen-bond donors (Lipinski definition) is 2. The summed E-state index contributed by atoms with van der Waals surface area (Å²) in [5.74, 6) is 0. The number of hydrogen-bond acceptors (Lipinski definition) is 5. The predicted molar refractivity (Wildman–Crippen MR) is 64.2 cm³/mol. The predicted octanol–water partition coefficient (Wildman–Crippen LogP) is -0.267. The monoisotopic (exact) mass is 237 g/mol. The minimum absolute atomic E-state index is 0.0783. The highest BCUT2D eigenvalue weighted by atomic mass is 16.5. The third-order valence-corrected chi connectivity index (χ3v) is 3.11. The smallest absolute Gasteiger partial charge is 0.0644 e. The summed E-state index contributed by atoms with van der Waals surface area (Å²) in [7, 11) is 0. The van der Waals surface area contributed by atoms with E-state index in [4.69, 9.17) is 10.5 Å². The van der Waals surface area contributed by atoms with Crippen molar-refractivity contribution in [2.45, 2.75) is 19.1 Å². The van der Waals surface area contributed by atoms with E-state index in [0.717, 1.165) is 24.3 Å². The minimum atomic E-state index is 0.0783. The summed E-state index contributed by atoms with van der Waals surface area (Å²) >= 11 is 0. The molecule has 0 saturated carbocycles. The van der Waals surface area contributed by atoms with Crippen LogP contribution in [-0.4, -0.2) is 47.4 Å². The van der Waals surface area contributed by atoms with E-state index in [0.29, 0.717) is 19.8 Å². The molecule has 0 radical (unpaired) electrons. The van der Waals surface area contributed by atoms with E-state index in [1.807, 2.05) is 12.1 Å². The molecule has 5 heteroatoms. The van der Waals surface area contributed by atoms with Crippen LogP contribution in [0, 0.1) is 0 Å². The van der Waals surface area contributed by atoms with Crippen molar-refractivity contribution in [2.75, 3.05) is 26.4 Å². The number of aromatic nitrogens is 1. The molecule has 2 rings (SSSR count). The Morgan fingerprint density at radius 3 is 3.24 bits per heavy atom. The van der Waals surface area contributed by atoms with Crippen LogP contribution in [0.15, 0.2) is 18.3 Å². The Morgan fingerprint density at radius 1 is 1.59 bits per heavy atom. The van der Waals surface area contributed by atoms with Crippen LogP contribution < -0.4 is 5.73 Å². The van der Waals surface area contributed by atoms with Crippen LogP contribution in [0.1, 0.15) is 11.3 Å². The van der Waals surface area contributed by atoms with Crippen molar-refractivity contribution in [2.24, 2.45) is 5.73 Å². The topological polar surface area (TPSA) is 71.6 Å². The van der Waals surface area contributed by atoms with Crippen LogP contribution >= 0.6 is 0 Å². The third kappa shape index (κ3) is 3.01. The average molecular weight is 237 g/mol. The molecule has 94 valence electrons. The number of aliphatic hydroxyl groups is 1. The Morgan fingerprint density at radius 2 is 2.47 bits per heavy atom. The second-order valence-electron chi connectivity index (χ2n) is 4.20. The van der Waals surface area contributed by atoms with Crippen LogP contribution in [0.5, 0.6) is 0 Å². The highest BCUT2D eigenvalue weighted by Gasteiger charge is 2.22. The van der Waals surface area contributed by atoms with Gasteiger partial charge in [-0.1, -0.05) is 6.07 Å². The van der Waals surface area contributed by atoms with Crippen LogP contribution in [0.3, 0.4) is 0 Å². The van der Waals surface area contributed by atoms with Gasteiger partial charge < -0.3 is 15.6 Å². The van der Waals surface area contributed by atoms with Crippen molar-refractivity contribution in [3.63, 3.8) is 0 Å². The zero-order valence-electron chi connectivity index (χ0n) is 9.88. The van der Waals surface area contributed by atoms with Gasteiger partial charge >= 0.3 is 0 Å². The largest absolute Gasteiger partial charge is 0.395 e. The summed E-state index contributed by atoms with van der Waals surface area (Å²) in [6.07, 6.45) is 1.76. The van der Waals surface area contributed by atoms with Crippen LogP contribution in [-0.2, 0) is 17.8 Å². The Balaban J connectivity index is 2.08. The number of rotatable bonds is 4. The molecule has 0 spiro atoms. The molecule has 0 aromatic carbocycles. The second kappa shape index (κ2) is 6.07. The highest BCUT2D eigenvalue weighted by Crippen LogP contribution is 2.14. The molecule has 3 N–H and O–H groups in total. The van der Waals surface area contributed by atoms with E-state index in [-0.39, 0.29) is 12.6 Å². The van der Waals surface area contributed by atoms with E-state index in [1.165, 1.54) is 0 Å². The first-order chi connectivity index (χ1) is 8.35. The summed E-state index contributed by atoms with van der Waals surface area (Å²) in [6.45, 7) is 3.49.